The first-order valence-corrected chi connectivity index (χ1v) is 11.3. The second kappa shape index (κ2) is 14.0. The first-order valence-electron chi connectivity index (χ1n) is 11.3. The summed E-state index contributed by atoms with van der Waals surface area (Å²) < 4.78 is 10.6. The van der Waals surface area contributed by atoms with Crippen LogP contribution in [0.15, 0.2) is 0 Å². The Morgan fingerprint density at radius 3 is 2.07 bits per heavy atom. The van der Waals surface area contributed by atoms with Crippen LogP contribution in [0.1, 0.15) is 105 Å². The monoisotopic (exact) mass is 382 g/mol. The molecule has 1 fully saturated rings. The van der Waals surface area contributed by atoms with E-state index in [2.05, 4.69) is 27.7 Å². The highest BCUT2D eigenvalue weighted by Crippen LogP contribution is 2.35. The van der Waals surface area contributed by atoms with Crippen LogP contribution < -0.4 is 0 Å². The summed E-state index contributed by atoms with van der Waals surface area (Å²) in [5.41, 5.74) is 0. The zero-order valence-electron chi connectivity index (χ0n) is 18.1. The molecule has 1 saturated carbocycles. The van der Waals surface area contributed by atoms with Gasteiger partial charge in [0.1, 0.15) is 6.10 Å². The molecule has 3 atom stereocenters. The molecule has 0 amide bonds. The van der Waals surface area contributed by atoms with Crippen molar-refractivity contribution in [2.75, 3.05) is 6.61 Å². The van der Waals surface area contributed by atoms with Gasteiger partial charge in [-0.15, -0.1) is 0 Å². The minimum atomic E-state index is -0.824. The van der Waals surface area contributed by atoms with Crippen molar-refractivity contribution in [1.29, 1.82) is 0 Å². The summed E-state index contributed by atoms with van der Waals surface area (Å²) in [5.74, 6) is -0.301. The summed E-state index contributed by atoms with van der Waals surface area (Å²) in [7, 11) is 0. The van der Waals surface area contributed by atoms with Gasteiger partial charge in [0.25, 0.3) is 0 Å². The molecule has 0 aromatic rings. The van der Waals surface area contributed by atoms with Gasteiger partial charge in [0.15, 0.2) is 0 Å². The predicted molar refractivity (Wildman–Crippen MR) is 109 cm³/mol. The zero-order chi connectivity index (χ0) is 20.1. The molecule has 0 N–H and O–H groups in total. The Morgan fingerprint density at radius 1 is 0.889 bits per heavy atom. The number of carbonyl (C=O) groups excluding carboxylic acids is 2. The van der Waals surface area contributed by atoms with Gasteiger partial charge in [-0.05, 0) is 37.0 Å². The standard InChI is InChI=1S/C23H42O4/c1-5-6-7-8-9-10-11-12-13-16-26-22(24)23(25)27-21-17-19(4)14-15-20(21)18(2)3/h18-21H,5-17H2,1-4H3. The molecular formula is C23H42O4. The smallest absolute Gasteiger partial charge is 0.417 e. The maximum atomic E-state index is 12.1. The summed E-state index contributed by atoms with van der Waals surface area (Å²) in [4.78, 5) is 24.0. The molecule has 4 nitrogen and oxygen atoms in total. The molecule has 27 heavy (non-hydrogen) atoms. The summed E-state index contributed by atoms with van der Waals surface area (Å²) in [5, 5.41) is 0. The lowest BCUT2D eigenvalue weighted by atomic mass is 9.75. The number of esters is 2. The highest BCUT2D eigenvalue weighted by Gasteiger charge is 2.35. The SMILES string of the molecule is CCCCCCCCCCCOC(=O)C(=O)OC1CC(C)CCC1C(C)C. The average molecular weight is 383 g/mol. The lowest BCUT2D eigenvalue weighted by Crippen LogP contribution is -2.37. The summed E-state index contributed by atoms with van der Waals surface area (Å²) in [6.07, 6.45) is 13.8. The Hall–Kier alpha value is -1.06. The van der Waals surface area contributed by atoms with Crippen LogP contribution in [0, 0.1) is 17.8 Å². The quantitative estimate of drug-likeness (QED) is 0.234. The van der Waals surface area contributed by atoms with Gasteiger partial charge in [0, 0.05) is 0 Å². The van der Waals surface area contributed by atoms with Crippen LogP contribution in [-0.2, 0) is 19.1 Å². The third kappa shape index (κ3) is 10.2. The van der Waals surface area contributed by atoms with Gasteiger partial charge < -0.3 is 9.47 Å². The van der Waals surface area contributed by atoms with E-state index in [-0.39, 0.29) is 6.10 Å². The second-order valence-electron chi connectivity index (χ2n) is 8.73. The number of unbranched alkanes of at least 4 members (excludes halogenated alkanes) is 8. The van der Waals surface area contributed by atoms with E-state index in [4.69, 9.17) is 9.47 Å². The van der Waals surface area contributed by atoms with Crippen LogP contribution >= 0.6 is 0 Å². The predicted octanol–water partition coefficient (Wildman–Crippen LogP) is 6.06. The third-order valence-corrected chi connectivity index (χ3v) is 5.87. The molecule has 0 saturated heterocycles. The maximum absolute atomic E-state index is 12.1. The molecule has 0 aliphatic heterocycles. The van der Waals surface area contributed by atoms with Crippen LogP contribution in [0.4, 0.5) is 0 Å². The van der Waals surface area contributed by atoms with Gasteiger partial charge in [0.05, 0.1) is 6.61 Å². The first kappa shape index (κ1) is 24.0. The highest BCUT2D eigenvalue weighted by atomic mass is 16.6. The van der Waals surface area contributed by atoms with Gasteiger partial charge >= 0.3 is 11.9 Å². The Bertz CT molecular complexity index is 419. The molecule has 0 aromatic heterocycles. The minimum absolute atomic E-state index is 0.151. The van der Waals surface area contributed by atoms with E-state index in [0.29, 0.717) is 24.4 Å². The van der Waals surface area contributed by atoms with Crippen LogP contribution in [0.3, 0.4) is 0 Å². The second-order valence-corrected chi connectivity index (χ2v) is 8.73. The van der Waals surface area contributed by atoms with E-state index < -0.39 is 11.9 Å². The molecule has 1 aliphatic rings. The van der Waals surface area contributed by atoms with Gasteiger partial charge in [-0.1, -0.05) is 85.5 Å². The Morgan fingerprint density at radius 2 is 1.48 bits per heavy atom. The number of hydrogen-bond donors (Lipinski definition) is 0. The van der Waals surface area contributed by atoms with E-state index in [1.54, 1.807) is 0 Å². The Labute approximate surface area is 166 Å². The summed E-state index contributed by atoms with van der Waals surface area (Å²) in [6.45, 7) is 9.04. The summed E-state index contributed by atoms with van der Waals surface area (Å²) >= 11 is 0. The number of ether oxygens (including phenoxy) is 2. The lowest BCUT2D eigenvalue weighted by molar-refractivity contribution is -0.175. The molecule has 0 radical (unpaired) electrons. The molecule has 0 spiro atoms. The highest BCUT2D eigenvalue weighted by molar-refractivity contribution is 6.29. The minimum Gasteiger partial charge on any atom is -0.457 e. The third-order valence-electron chi connectivity index (χ3n) is 5.87. The van der Waals surface area contributed by atoms with Crippen LogP contribution in [-0.4, -0.2) is 24.6 Å². The van der Waals surface area contributed by atoms with E-state index in [1.807, 2.05) is 0 Å². The van der Waals surface area contributed by atoms with Gasteiger partial charge in [-0.3, -0.25) is 0 Å². The number of hydrogen-bond acceptors (Lipinski definition) is 4. The lowest BCUT2D eigenvalue weighted by Gasteiger charge is -2.36. The summed E-state index contributed by atoms with van der Waals surface area (Å²) in [6, 6.07) is 0. The van der Waals surface area contributed by atoms with Gasteiger partial charge in [-0.2, -0.15) is 0 Å². The van der Waals surface area contributed by atoms with Crippen molar-refractivity contribution in [3.05, 3.63) is 0 Å². The molecule has 0 bridgehead atoms. The van der Waals surface area contributed by atoms with Crippen LogP contribution in [0.2, 0.25) is 0 Å². The fraction of sp³-hybridized carbons (Fsp3) is 0.913. The van der Waals surface area contributed by atoms with Gasteiger partial charge in [-0.25, -0.2) is 9.59 Å². The number of carbonyl (C=O) groups is 2. The zero-order valence-corrected chi connectivity index (χ0v) is 18.1. The van der Waals surface area contributed by atoms with E-state index >= 15 is 0 Å². The Kier molecular flexibility index (Phi) is 12.4. The van der Waals surface area contributed by atoms with Crippen molar-refractivity contribution in [1.82, 2.24) is 0 Å². The van der Waals surface area contributed by atoms with Crippen molar-refractivity contribution in [2.45, 2.75) is 111 Å². The van der Waals surface area contributed by atoms with E-state index in [9.17, 15) is 9.59 Å². The molecule has 4 heteroatoms. The van der Waals surface area contributed by atoms with Crippen molar-refractivity contribution in [2.24, 2.45) is 17.8 Å². The van der Waals surface area contributed by atoms with Crippen LogP contribution in [0.25, 0.3) is 0 Å². The largest absolute Gasteiger partial charge is 0.457 e. The molecular weight excluding hydrogens is 340 g/mol. The van der Waals surface area contributed by atoms with Crippen molar-refractivity contribution in [3.63, 3.8) is 0 Å². The maximum Gasteiger partial charge on any atom is 0.417 e. The number of rotatable bonds is 12. The van der Waals surface area contributed by atoms with Gasteiger partial charge in [0.2, 0.25) is 0 Å². The molecule has 3 unspecified atom stereocenters. The van der Waals surface area contributed by atoms with Crippen LogP contribution in [0.5, 0.6) is 0 Å². The Balaban J connectivity index is 2.14. The molecule has 158 valence electrons. The topological polar surface area (TPSA) is 52.6 Å². The van der Waals surface area contributed by atoms with Crippen molar-refractivity contribution in [3.8, 4) is 0 Å². The normalized spacial score (nSPS) is 22.6. The first-order chi connectivity index (χ1) is 13.0. The molecule has 0 aromatic carbocycles. The molecule has 1 aliphatic carbocycles. The molecule has 1 rings (SSSR count). The molecule has 0 heterocycles. The van der Waals surface area contributed by atoms with Crippen molar-refractivity contribution >= 4 is 11.9 Å². The van der Waals surface area contributed by atoms with E-state index in [0.717, 1.165) is 25.7 Å². The van der Waals surface area contributed by atoms with Crippen molar-refractivity contribution < 1.29 is 19.1 Å². The average Bonchev–Trinajstić information content (AvgIpc) is 2.62. The van der Waals surface area contributed by atoms with E-state index in [1.165, 1.54) is 51.4 Å². The fourth-order valence-electron chi connectivity index (χ4n) is 4.07. The fourth-order valence-corrected chi connectivity index (χ4v) is 4.07.